The molecule has 3 heterocycles. The van der Waals surface area contributed by atoms with E-state index in [1.807, 2.05) is 41.3 Å². The molecule has 3 aliphatic heterocycles. The first kappa shape index (κ1) is 23.7. The first-order valence-corrected chi connectivity index (χ1v) is 12.2. The van der Waals surface area contributed by atoms with Crippen molar-refractivity contribution in [2.24, 2.45) is 11.8 Å². The molecule has 0 aromatic heterocycles. The second-order valence-corrected chi connectivity index (χ2v) is 9.33. The van der Waals surface area contributed by atoms with Gasteiger partial charge in [0.2, 0.25) is 17.7 Å². The number of amides is 3. The molecule has 3 aromatic carbocycles. The van der Waals surface area contributed by atoms with Crippen molar-refractivity contribution in [1.82, 2.24) is 0 Å². The first-order valence-electron chi connectivity index (χ1n) is 12.2. The quantitative estimate of drug-likeness (QED) is 0.522. The van der Waals surface area contributed by atoms with Gasteiger partial charge in [-0.1, -0.05) is 42.5 Å². The van der Waals surface area contributed by atoms with Gasteiger partial charge in [0, 0.05) is 11.8 Å². The monoisotopic (exact) mass is 513 g/mol. The molecule has 0 spiro atoms. The fourth-order valence-corrected chi connectivity index (χ4v) is 5.80. The second kappa shape index (κ2) is 9.02. The SMILES string of the molecule is COc1ccc(OC)c(NC(=O)C2C3C(=O)N(c4ccccc4F)C(=O)C3C3C=Cc4ccccc4N32)c1. The number of carbonyl (C=O) groups excluding carboxylic acids is 3. The summed E-state index contributed by atoms with van der Waals surface area (Å²) in [4.78, 5) is 44.3. The molecule has 38 heavy (non-hydrogen) atoms. The fourth-order valence-electron chi connectivity index (χ4n) is 5.80. The van der Waals surface area contributed by atoms with Gasteiger partial charge in [0.25, 0.3) is 0 Å². The van der Waals surface area contributed by atoms with Crippen molar-refractivity contribution in [3.8, 4) is 11.5 Å². The lowest BCUT2D eigenvalue weighted by Gasteiger charge is -2.36. The fraction of sp³-hybridized carbons (Fsp3) is 0.207. The summed E-state index contributed by atoms with van der Waals surface area (Å²) in [6.45, 7) is 0. The third-order valence-corrected chi connectivity index (χ3v) is 7.44. The number of rotatable bonds is 5. The smallest absolute Gasteiger partial charge is 0.248 e. The molecule has 3 aliphatic rings. The summed E-state index contributed by atoms with van der Waals surface area (Å²) in [5.41, 5.74) is 1.86. The zero-order chi connectivity index (χ0) is 26.6. The lowest BCUT2D eigenvalue weighted by Crippen LogP contribution is -2.50. The third kappa shape index (κ3) is 3.46. The van der Waals surface area contributed by atoms with Gasteiger partial charge in [-0.3, -0.25) is 14.4 Å². The zero-order valence-electron chi connectivity index (χ0n) is 20.6. The summed E-state index contributed by atoms with van der Waals surface area (Å²) in [7, 11) is 2.99. The molecular formula is C29H24FN3O5. The highest BCUT2D eigenvalue weighted by atomic mass is 19.1. The Hall–Kier alpha value is -4.66. The first-order chi connectivity index (χ1) is 18.4. The number of nitrogens with one attached hydrogen (secondary N) is 1. The molecule has 2 saturated heterocycles. The van der Waals surface area contributed by atoms with E-state index < -0.39 is 47.5 Å². The number of nitrogens with zero attached hydrogens (tertiary/aromatic N) is 2. The molecule has 0 aliphatic carbocycles. The molecule has 2 fully saturated rings. The molecule has 8 nitrogen and oxygen atoms in total. The van der Waals surface area contributed by atoms with Crippen molar-refractivity contribution in [2.45, 2.75) is 12.1 Å². The molecule has 0 saturated carbocycles. The minimum atomic E-state index is -1.04. The largest absolute Gasteiger partial charge is 0.497 e. The van der Waals surface area contributed by atoms with E-state index >= 15 is 0 Å². The van der Waals surface area contributed by atoms with Gasteiger partial charge in [-0.05, 0) is 35.9 Å². The Morgan fingerprint density at radius 1 is 0.895 bits per heavy atom. The molecule has 0 radical (unpaired) electrons. The van der Waals surface area contributed by atoms with Crippen molar-refractivity contribution in [3.63, 3.8) is 0 Å². The Labute approximate surface area is 218 Å². The van der Waals surface area contributed by atoms with Crippen molar-refractivity contribution < 1.29 is 28.2 Å². The van der Waals surface area contributed by atoms with E-state index in [-0.39, 0.29) is 5.69 Å². The van der Waals surface area contributed by atoms with Crippen LogP contribution in [0.2, 0.25) is 0 Å². The lowest BCUT2D eigenvalue weighted by molar-refractivity contribution is -0.126. The molecule has 3 amide bonds. The van der Waals surface area contributed by atoms with Crippen LogP contribution in [0.15, 0.2) is 72.8 Å². The van der Waals surface area contributed by atoms with Crippen LogP contribution in [0.25, 0.3) is 6.08 Å². The standard InChI is InChI=1S/C29H24FN3O5/c1-37-17-12-14-23(38-2)19(15-17)31-27(34)26-25-24(22-13-11-16-7-3-5-9-20(16)32(22)26)28(35)33(29(25)36)21-10-6-4-8-18(21)30/h3-15,22,24-26H,1-2H3,(H,31,34). The highest BCUT2D eigenvalue weighted by Crippen LogP contribution is 2.49. The predicted molar refractivity (Wildman–Crippen MR) is 140 cm³/mol. The van der Waals surface area contributed by atoms with Crippen LogP contribution in [-0.2, 0) is 14.4 Å². The summed E-state index contributed by atoms with van der Waals surface area (Å²) >= 11 is 0. The number of imide groups is 1. The third-order valence-electron chi connectivity index (χ3n) is 7.44. The van der Waals surface area contributed by atoms with Crippen LogP contribution >= 0.6 is 0 Å². The molecule has 4 unspecified atom stereocenters. The van der Waals surface area contributed by atoms with E-state index in [0.29, 0.717) is 17.2 Å². The summed E-state index contributed by atoms with van der Waals surface area (Å²) < 4.78 is 25.4. The molecule has 1 N–H and O–H groups in total. The molecule has 9 heteroatoms. The van der Waals surface area contributed by atoms with Gasteiger partial charge in [0.15, 0.2) is 0 Å². The number of methoxy groups -OCH3 is 2. The normalized spacial score (nSPS) is 23.1. The van der Waals surface area contributed by atoms with Crippen molar-refractivity contribution >= 4 is 40.9 Å². The van der Waals surface area contributed by atoms with Gasteiger partial charge in [0.05, 0.1) is 43.5 Å². The summed E-state index contributed by atoms with van der Waals surface area (Å²) in [6, 6.07) is 16.5. The predicted octanol–water partition coefficient (Wildman–Crippen LogP) is 3.87. The zero-order valence-corrected chi connectivity index (χ0v) is 20.6. The number of carbonyl (C=O) groups is 3. The van der Waals surface area contributed by atoms with Crippen molar-refractivity contribution in [3.05, 3.63) is 84.2 Å². The van der Waals surface area contributed by atoms with Gasteiger partial charge in [-0.25, -0.2) is 9.29 Å². The summed E-state index contributed by atoms with van der Waals surface area (Å²) in [6.07, 6.45) is 3.73. The van der Waals surface area contributed by atoms with E-state index in [4.69, 9.17) is 9.47 Å². The summed E-state index contributed by atoms with van der Waals surface area (Å²) in [5.74, 6) is -3.29. The molecule has 3 aromatic rings. The number of hydrogen-bond acceptors (Lipinski definition) is 6. The van der Waals surface area contributed by atoms with Gasteiger partial charge in [-0.15, -0.1) is 0 Å². The van der Waals surface area contributed by atoms with Crippen LogP contribution in [0, 0.1) is 17.7 Å². The average molecular weight is 514 g/mol. The number of ether oxygens (including phenoxy) is 2. The molecular weight excluding hydrogens is 489 g/mol. The van der Waals surface area contributed by atoms with Crippen molar-refractivity contribution in [2.75, 3.05) is 29.3 Å². The van der Waals surface area contributed by atoms with E-state index in [2.05, 4.69) is 5.32 Å². The minimum absolute atomic E-state index is 0.114. The average Bonchev–Trinajstić information content (AvgIpc) is 3.41. The molecule has 4 atom stereocenters. The van der Waals surface area contributed by atoms with Crippen molar-refractivity contribution in [1.29, 1.82) is 0 Å². The Morgan fingerprint density at radius 3 is 2.34 bits per heavy atom. The van der Waals surface area contributed by atoms with Crippen LogP contribution in [0.5, 0.6) is 11.5 Å². The Bertz CT molecular complexity index is 1510. The number of halogens is 1. The highest BCUT2D eigenvalue weighted by molar-refractivity contribution is 6.25. The Balaban J connectivity index is 1.45. The van der Waals surface area contributed by atoms with Crippen LogP contribution in [0.1, 0.15) is 5.56 Å². The number of benzene rings is 3. The van der Waals surface area contributed by atoms with Gasteiger partial charge < -0.3 is 19.7 Å². The van der Waals surface area contributed by atoms with Crippen LogP contribution in [-0.4, -0.2) is 44.0 Å². The number of fused-ring (bicyclic) bond motifs is 5. The van der Waals surface area contributed by atoms with Crippen LogP contribution in [0.4, 0.5) is 21.5 Å². The Kier molecular flexibility index (Phi) is 5.63. The number of hydrogen-bond donors (Lipinski definition) is 1. The number of para-hydroxylation sites is 2. The molecule has 192 valence electrons. The van der Waals surface area contributed by atoms with Crippen LogP contribution < -0.4 is 24.6 Å². The number of anilines is 3. The van der Waals surface area contributed by atoms with E-state index in [0.717, 1.165) is 16.2 Å². The minimum Gasteiger partial charge on any atom is -0.497 e. The topological polar surface area (TPSA) is 88.2 Å². The van der Waals surface area contributed by atoms with Crippen LogP contribution in [0.3, 0.4) is 0 Å². The highest BCUT2D eigenvalue weighted by Gasteiger charge is 2.64. The summed E-state index contributed by atoms with van der Waals surface area (Å²) in [5, 5.41) is 2.89. The van der Waals surface area contributed by atoms with E-state index in [9.17, 15) is 18.8 Å². The van der Waals surface area contributed by atoms with E-state index in [1.54, 1.807) is 24.3 Å². The lowest BCUT2D eigenvalue weighted by atomic mass is 9.88. The molecule has 0 bridgehead atoms. The van der Waals surface area contributed by atoms with E-state index in [1.165, 1.54) is 32.4 Å². The van der Waals surface area contributed by atoms with Gasteiger partial charge >= 0.3 is 0 Å². The maximum Gasteiger partial charge on any atom is 0.248 e. The maximum atomic E-state index is 14.7. The maximum absolute atomic E-state index is 14.7. The van der Waals surface area contributed by atoms with Gasteiger partial charge in [-0.2, -0.15) is 0 Å². The molecule has 6 rings (SSSR count). The second-order valence-electron chi connectivity index (χ2n) is 9.33. The Morgan fingerprint density at radius 2 is 1.61 bits per heavy atom. The van der Waals surface area contributed by atoms with Gasteiger partial charge in [0.1, 0.15) is 23.4 Å².